The number of piperidine rings is 1. The highest BCUT2D eigenvalue weighted by atomic mass is 32.2. The minimum absolute atomic E-state index is 0.480. The van der Waals surface area contributed by atoms with Crippen LogP contribution in [0.4, 0.5) is 0 Å². The van der Waals surface area contributed by atoms with Gasteiger partial charge in [0.05, 0.1) is 6.26 Å². The fourth-order valence-electron chi connectivity index (χ4n) is 3.17. The van der Waals surface area contributed by atoms with Crippen molar-refractivity contribution in [2.75, 3.05) is 26.4 Å². The van der Waals surface area contributed by atoms with Gasteiger partial charge in [-0.05, 0) is 51.0 Å². The van der Waals surface area contributed by atoms with E-state index in [4.69, 9.17) is 0 Å². The molecule has 0 aromatic carbocycles. The quantitative estimate of drug-likeness (QED) is 0.813. The molecular formula is C14H30N2O2S. The molecule has 3 atom stereocenters. The Balaban J connectivity index is 2.64. The Morgan fingerprint density at radius 2 is 1.95 bits per heavy atom. The van der Waals surface area contributed by atoms with Gasteiger partial charge in [-0.2, -0.15) is 0 Å². The lowest BCUT2D eigenvalue weighted by atomic mass is 9.79. The maximum atomic E-state index is 11.7. The molecule has 0 aliphatic carbocycles. The molecule has 0 aromatic heterocycles. The second-order valence-electron chi connectivity index (χ2n) is 6.35. The van der Waals surface area contributed by atoms with Crippen molar-refractivity contribution < 1.29 is 8.42 Å². The van der Waals surface area contributed by atoms with Gasteiger partial charge < -0.3 is 5.32 Å². The molecular weight excluding hydrogens is 260 g/mol. The minimum atomic E-state index is -3.02. The molecule has 4 nitrogen and oxygen atoms in total. The van der Waals surface area contributed by atoms with Crippen LogP contribution >= 0.6 is 0 Å². The maximum absolute atomic E-state index is 11.7. The number of nitrogens with zero attached hydrogens (tertiary/aromatic N) is 1. The van der Waals surface area contributed by atoms with E-state index in [1.54, 1.807) is 4.31 Å². The Labute approximate surface area is 119 Å². The molecule has 114 valence electrons. The van der Waals surface area contributed by atoms with Crippen molar-refractivity contribution in [3.05, 3.63) is 0 Å². The van der Waals surface area contributed by atoms with Crippen LogP contribution in [0.5, 0.6) is 0 Å². The van der Waals surface area contributed by atoms with E-state index >= 15 is 0 Å². The first-order valence-corrected chi connectivity index (χ1v) is 9.23. The van der Waals surface area contributed by atoms with Crippen molar-refractivity contribution in [2.45, 2.75) is 46.1 Å². The van der Waals surface area contributed by atoms with Gasteiger partial charge in [0.15, 0.2) is 0 Å². The van der Waals surface area contributed by atoms with E-state index in [1.807, 2.05) is 7.05 Å². The first-order valence-electron chi connectivity index (χ1n) is 7.38. The molecule has 1 N–H and O–H groups in total. The summed E-state index contributed by atoms with van der Waals surface area (Å²) in [6, 6.07) is 0.480. The largest absolute Gasteiger partial charge is 0.317 e. The van der Waals surface area contributed by atoms with Crippen LogP contribution in [0, 0.1) is 17.8 Å². The Morgan fingerprint density at radius 3 is 2.42 bits per heavy atom. The maximum Gasteiger partial charge on any atom is 0.211 e. The Hall–Kier alpha value is -0.130. The van der Waals surface area contributed by atoms with Crippen molar-refractivity contribution in [2.24, 2.45) is 17.8 Å². The van der Waals surface area contributed by atoms with Crippen LogP contribution in [-0.2, 0) is 10.0 Å². The second kappa shape index (κ2) is 7.04. The third kappa shape index (κ3) is 5.04. The summed E-state index contributed by atoms with van der Waals surface area (Å²) in [4.78, 5) is 0. The van der Waals surface area contributed by atoms with E-state index in [-0.39, 0.29) is 0 Å². The monoisotopic (exact) mass is 290 g/mol. The molecule has 0 saturated carbocycles. The smallest absolute Gasteiger partial charge is 0.211 e. The molecule has 1 rings (SSSR count). The average molecular weight is 290 g/mol. The highest BCUT2D eigenvalue weighted by molar-refractivity contribution is 7.88. The lowest BCUT2D eigenvalue weighted by Crippen LogP contribution is -2.42. The molecule has 0 spiro atoms. The van der Waals surface area contributed by atoms with Crippen LogP contribution in [0.2, 0.25) is 0 Å². The molecule has 1 saturated heterocycles. The molecule has 1 aliphatic heterocycles. The molecule has 0 radical (unpaired) electrons. The zero-order chi connectivity index (χ0) is 14.6. The number of nitrogens with one attached hydrogen (secondary N) is 1. The van der Waals surface area contributed by atoms with E-state index in [9.17, 15) is 8.42 Å². The SMILES string of the molecule is CNC(C)C(CC1CCCN(S(C)(=O)=O)C1)C(C)C. The van der Waals surface area contributed by atoms with Gasteiger partial charge in [0.25, 0.3) is 0 Å². The van der Waals surface area contributed by atoms with Crippen LogP contribution in [0.3, 0.4) is 0 Å². The summed E-state index contributed by atoms with van der Waals surface area (Å²) in [5.41, 5.74) is 0. The van der Waals surface area contributed by atoms with Gasteiger partial charge in [-0.1, -0.05) is 13.8 Å². The first kappa shape index (κ1) is 16.9. The van der Waals surface area contributed by atoms with Gasteiger partial charge in [0.2, 0.25) is 10.0 Å². The zero-order valence-corrected chi connectivity index (χ0v) is 13.8. The van der Waals surface area contributed by atoms with E-state index in [0.29, 0.717) is 36.9 Å². The Bertz CT molecular complexity index is 368. The van der Waals surface area contributed by atoms with Crippen molar-refractivity contribution >= 4 is 10.0 Å². The summed E-state index contributed by atoms with van der Waals surface area (Å²) in [6.07, 6.45) is 4.60. The molecule has 1 fully saturated rings. The van der Waals surface area contributed by atoms with Gasteiger partial charge in [0, 0.05) is 19.1 Å². The van der Waals surface area contributed by atoms with E-state index in [1.165, 1.54) is 6.26 Å². The van der Waals surface area contributed by atoms with Crippen LogP contribution in [-0.4, -0.2) is 45.2 Å². The Kier molecular flexibility index (Phi) is 6.27. The summed E-state index contributed by atoms with van der Waals surface area (Å²) in [6.45, 7) is 8.15. The average Bonchev–Trinajstić information content (AvgIpc) is 2.34. The number of hydrogen-bond acceptors (Lipinski definition) is 3. The van der Waals surface area contributed by atoms with Crippen LogP contribution in [0.15, 0.2) is 0 Å². The van der Waals surface area contributed by atoms with Gasteiger partial charge in [-0.15, -0.1) is 0 Å². The summed E-state index contributed by atoms with van der Waals surface area (Å²) in [7, 11) is -1.02. The van der Waals surface area contributed by atoms with Crippen LogP contribution in [0.25, 0.3) is 0 Å². The molecule has 0 bridgehead atoms. The normalized spacial score (nSPS) is 25.5. The minimum Gasteiger partial charge on any atom is -0.317 e. The Morgan fingerprint density at radius 1 is 1.32 bits per heavy atom. The van der Waals surface area contributed by atoms with E-state index < -0.39 is 10.0 Å². The lowest BCUT2D eigenvalue weighted by molar-refractivity contribution is 0.186. The van der Waals surface area contributed by atoms with Gasteiger partial charge >= 0.3 is 0 Å². The third-order valence-corrected chi connectivity index (χ3v) is 5.78. The standard InChI is InChI=1S/C14H30N2O2S/c1-11(2)14(12(3)15-4)9-13-7-6-8-16(10-13)19(5,17)18/h11-15H,6-10H2,1-5H3. The second-order valence-corrected chi connectivity index (χ2v) is 8.33. The topological polar surface area (TPSA) is 49.4 Å². The number of hydrogen-bond donors (Lipinski definition) is 1. The highest BCUT2D eigenvalue weighted by Gasteiger charge is 2.30. The molecule has 1 heterocycles. The first-order chi connectivity index (χ1) is 8.75. The van der Waals surface area contributed by atoms with Crippen molar-refractivity contribution in [3.63, 3.8) is 0 Å². The highest BCUT2D eigenvalue weighted by Crippen LogP contribution is 2.29. The molecule has 3 unspecified atom stereocenters. The molecule has 1 aliphatic rings. The fourth-order valence-corrected chi connectivity index (χ4v) is 4.12. The summed E-state index contributed by atoms with van der Waals surface area (Å²) >= 11 is 0. The van der Waals surface area contributed by atoms with Crippen LogP contribution < -0.4 is 5.32 Å². The molecule has 0 amide bonds. The van der Waals surface area contributed by atoms with Crippen molar-refractivity contribution in [1.82, 2.24) is 9.62 Å². The predicted molar refractivity (Wildman–Crippen MR) is 80.6 cm³/mol. The summed E-state index contributed by atoms with van der Waals surface area (Å²) in [5.74, 6) is 1.73. The van der Waals surface area contributed by atoms with Gasteiger partial charge in [0.1, 0.15) is 0 Å². The molecule has 0 aromatic rings. The fraction of sp³-hybridized carbons (Fsp3) is 1.00. The van der Waals surface area contributed by atoms with Gasteiger partial charge in [-0.3, -0.25) is 0 Å². The molecule has 5 heteroatoms. The number of sulfonamides is 1. The lowest BCUT2D eigenvalue weighted by Gasteiger charge is -2.36. The third-order valence-electron chi connectivity index (χ3n) is 4.51. The van der Waals surface area contributed by atoms with Gasteiger partial charge in [-0.25, -0.2) is 12.7 Å². The van der Waals surface area contributed by atoms with Crippen molar-refractivity contribution in [3.8, 4) is 0 Å². The van der Waals surface area contributed by atoms with Crippen LogP contribution in [0.1, 0.15) is 40.0 Å². The number of rotatable bonds is 6. The summed E-state index contributed by atoms with van der Waals surface area (Å²) < 4.78 is 25.0. The summed E-state index contributed by atoms with van der Waals surface area (Å²) in [5, 5.41) is 3.35. The van der Waals surface area contributed by atoms with E-state index in [2.05, 4.69) is 26.1 Å². The zero-order valence-electron chi connectivity index (χ0n) is 13.0. The van der Waals surface area contributed by atoms with E-state index in [0.717, 1.165) is 19.3 Å². The van der Waals surface area contributed by atoms with Crippen molar-refractivity contribution in [1.29, 1.82) is 0 Å². The molecule has 19 heavy (non-hydrogen) atoms. The predicted octanol–water partition coefficient (Wildman–Crippen LogP) is 1.93.